The summed E-state index contributed by atoms with van der Waals surface area (Å²) in [7, 11) is 0. The highest BCUT2D eigenvalue weighted by Crippen LogP contribution is 2.24. The molecule has 0 unspecified atom stereocenters. The smallest absolute Gasteiger partial charge is 0.142 e. The number of halogens is 2. The molecule has 2 aromatic rings. The maximum atomic E-state index is 13.5. The number of rotatable bonds is 1. The van der Waals surface area contributed by atoms with Crippen LogP contribution in [0.5, 0.6) is 0 Å². The molecule has 1 heterocycles. The maximum Gasteiger partial charge on any atom is 0.142 e. The second-order valence-corrected chi connectivity index (χ2v) is 3.87. The van der Waals surface area contributed by atoms with Gasteiger partial charge >= 0.3 is 0 Å². The molecule has 0 bridgehead atoms. The molecule has 0 aliphatic rings. The highest BCUT2D eigenvalue weighted by Gasteiger charge is 2.07. The van der Waals surface area contributed by atoms with Crippen molar-refractivity contribution in [2.45, 2.75) is 0 Å². The van der Waals surface area contributed by atoms with Crippen LogP contribution in [0.2, 0.25) is 0 Å². The van der Waals surface area contributed by atoms with Gasteiger partial charge in [-0.05, 0) is 18.2 Å². The number of nitrogen functional groups attached to an aromatic ring is 1. The average Bonchev–Trinajstić information content (AvgIpc) is 2.22. The molecule has 0 saturated heterocycles. The van der Waals surface area contributed by atoms with Gasteiger partial charge in [-0.15, -0.1) is 0 Å². The normalized spacial score (nSPS) is 10.3. The maximum absolute atomic E-state index is 13.5. The summed E-state index contributed by atoms with van der Waals surface area (Å²) in [6, 6.07) is 4.63. The van der Waals surface area contributed by atoms with Gasteiger partial charge in [-0.1, -0.05) is 15.9 Å². The van der Waals surface area contributed by atoms with Crippen LogP contribution in [-0.2, 0) is 0 Å². The molecule has 0 atom stereocenters. The van der Waals surface area contributed by atoms with Crippen LogP contribution in [-0.4, -0.2) is 9.97 Å². The van der Waals surface area contributed by atoms with E-state index < -0.39 is 0 Å². The molecule has 1 aromatic carbocycles. The third kappa shape index (κ3) is 2.12. The van der Waals surface area contributed by atoms with Crippen molar-refractivity contribution in [1.82, 2.24) is 9.97 Å². The predicted molar refractivity (Wildman–Crippen MR) is 59.5 cm³/mol. The molecule has 0 aliphatic carbocycles. The van der Waals surface area contributed by atoms with E-state index in [1.807, 2.05) is 0 Å². The number of nitrogens with zero attached hydrogens (tertiary/aromatic N) is 2. The topological polar surface area (TPSA) is 51.8 Å². The molecular formula is C10H7BrFN3. The van der Waals surface area contributed by atoms with Crippen molar-refractivity contribution >= 4 is 21.7 Å². The van der Waals surface area contributed by atoms with Crippen LogP contribution in [0.1, 0.15) is 0 Å². The van der Waals surface area contributed by atoms with Gasteiger partial charge < -0.3 is 5.73 Å². The van der Waals surface area contributed by atoms with Crippen molar-refractivity contribution in [2.75, 3.05) is 5.73 Å². The quantitative estimate of drug-likeness (QED) is 0.864. The fraction of sp³-hybridized carbons (Fsp3) is 0. The Kier molecular flexibility index (Phi) is 2.64. The number of benzene rings is 1. The fourth-order valence-electron chi connectivity index (χ4n) is 1.20. The van der Waals surface area contributed by atoms with Crippen molar-refractivity contribution in [2.24, 2.45) is 0 Å². The first-order valence-corrected chi connectivity index (χ1v) is 4.99. The van der Waals surface area contributed by atoms with Gasteiger partial charge in [-0.3, -0.25) is 4.98 Å². The van der Waals surface area contributed by atoms with Crippen molar-refractivity contribution in [3.63, 3.8) is 0 Å². The Labute approximate surface area is 94.3 Å². The monoisotopic (exact) mass is 267 g/mol. The zero-order valence-electron chi connectivity index (χ0n) is 7.61. The van der Waals surface area contributed by atoms with Gasteiger partial charge in [0.05, 0.1) is 18.1 Å². The fourth-order valence-corrected chi connectivity index (χ4v) is 1.57. The van der Waals surface area contributed by atoms with E-state index in [0.717, 1.165) is 4.47 Å². The van der Waals surface area contributed by atoms with Crippen LogP contribution in [0.3, 0.4) is 0 Å². The molecule has 76 valence electrons. The van der Waals surface area contributed by atoms with Gasteiger partial charge in [0.2, 0.25) is 0 Å². The highest BCUT2D eigenvalue weighted by atomic mass is 79.9. The second kappa shape index (κ2) is 3.94. The Balaban J connectivity index is 2.58. The van der Waals surface area contributed by atoms with Crippen molar-refractivity contribution in [1.29, 1.82) is 0 Å². The first-order valence-electron chi connectivity index (χ1n) is 4.20. The standard InChI is InChI=1S/C10H7BrFN3/c11-6-1-2-8(12)7(3-6)9-4-14-5-10(13)15-9/h1-5H,(H2,13,15). The van der Waals surface area contributed by atoms with E-state index in [-0.39, 0.29) is 11.6 Å². The van der Waals surface area contributed by atoms with Gasteiger partial charge in [-0.2, -0.15) is 0 Å². The summed E-state index contributed by atoms with van der Waals surface area (Å²) in [4.78, 5) is 7.86. The van der Waals surface area contributed by atoms with Crippen molar-refractivity contribution in [3.8, 4) is 11.3 Å². The lowest BCUT2D eigenvalue weighted by Crippen LogP contribution is -1.95. The number of anilines is 1. The number of hydrogen-bond donors (Lipinski definition) is 1. The Morgan fingerprint density at radius 3 is 2.80 bits per heavy atom. The van der Waals surface area contributed by atoms with Crippen LogP contribution in [0.25, 0.3) is 11.3 Å². The molecule has 0 radical (unpaired) electrons. The largest absolute Gasteiger partial charge is 0.382 e. The summed E-state index contributed by atoms with van der Waals surface area (Å²) >= 11 is 3.27. The average molecular weight is 268 g/mol. The molecule has 0 amide bonds. The molecule has 2 N–H and O–H groups in total. The summed E-state index contributed by atoms with van der Waals surface area (Å²) < 4.78 is 14.2. The zero-order valence-corrected chi connectivity index (χ0v) is 9.20. The van der Waals surface area contributed by atoms with E-state index >= 15 is 0 Å². The Bertz CT molecular complexity index is 502. The number of aromatic nitrogens is 2. The molecular weight excluding hydrogens is 261 g/mol. The minimum Gasteiger partial charge on any atom is -0.382 e. The SMILES string of the molecule is Nc1cncc(-c2cc(Br)ccc2F)n1. The molecule has 2 rings (SSSR count). The summed E-state index contributed by atoms with van der Waals surface area (Å²) in [5, 5.41) is 0. The Morgan fingerprint density at radius 1 is 1.27 bits per heavy atom. The van der Waals surface area contributed by atoms with E-state index in [9.17, 15) is 4.39 Å². The lowest BCUT2D eigenvalue weighted by Gasteiger charge is -2.03. The zero-order chi connectivity index (χ0) is 10.8. The van der Waals surface area contributed by atoms with E-state index in [1.165, 1.54) is 18.5 Å². The Morgan fingerprint density at radius 2 is 2.07 bits per heavy atom. The van der Waals surface area contributed by atoms with Crippen LogP contribution < -0.4 is 5.73 Å². The molecule has 0 fully saturated rings. The predicted octanol–water partition coefficient (Wildman–Crippen LogP) is 2.63. The minimum absolute atomic E-state index is 0.270. The van der Waals surface area contributed by atoms with Gasteiger partial charge in [0.15, 0.2) is 0 Å². The van der Waals surface area contributed by atoms with Gasteiger partial charge in [0.1, 0.15) is 11.6 Å². The summed E-state index contributed by atoms with van der Waals surface area (Å²) in [6.07, 6.45) is 2.89. The third-order valence-electron chi connectivity index (χ3n) is 1.86. The second-order valence-electron chi connectivity index (χ2n) is 2.95. The van der Waals surface area contributed by atoms with Crippen LogP contribution in [0.4, 0.5) is 10.2 Å². The molecule has 1 aromatic heterocycles. The van der Waals surface area contributed by atoms with Crippen LogP contribution in [0, 0.1) is 5.82 Å². The Hall–Kier alpha value is -1.49. The minimum atomic E-state index is -0.349. The van der Waals surface area contributed by atoms with Crippen molar-refractivity contribution < 1.29 is 4.39 Å². The molecule has 0 saturated carbocycles. The van der Waals surface area contributed by atoms with Crippen LogP contribution in [0.15, 0.2) is 35.1 Å². The van der Waals surface area contributed by atoms with Crippen LogP contribution >= 0.6 is 15.9 Å². The molecule has 15 heavy (non-hydrogen) atoms. The summed E-state index contributed by atoms with van der Waals surface area (Å²) in [6.45, 7) is 0. The summed E-state index contributed by atoms with van der Waals surface area (Å²) in [5.74, 6) is -0.0787. The number of hydrogen-bond acceptors (Lipinski definition) is 3. The lowest BCUT2D eigenvalue weighted by atomic mass is 10.1. The van der Waals surface area contributed by atoms with Gasteiger partial charge in [0.25, 0.3) is 0 Å². The first-order chi connectivity index (χ1) is 7.16. The highest BCUT2D eigenvalue weighted by molar-refractivity contribution is 9.10. The van der Waals surface area contributed by atoms with E-state index in [0.29, 0.717) is 11.3 Å². The van der Waals surface area contributed by atoms with Gasteiger partial charge in [0, 0.05) is 10.0 Å². The lowest BCUT2D eigenvalue weighted by molar-refractivity contribution is 0.630. The molecule has 0 aliphatic heterocycles. The van der Waals surface area contributed by atoms with E-state index in [2.05, 4.69) is 25.9 Å². The summed E-state index contributed by atoms with van der Waals surface area (Å²) in [5.41, 5.74) is 6.28. The molecule has 0 spiro atoms. The van der Waals surface area contributed by atoms with Crippen molar-refractivity contribution in [3.05, 3.63) is 40.9 Å². The van der Waals surface area contributed by atoms with Gasteiger partial charge in [-0.25, -0.2) is 9.37 Å². The van der Waals surface area contributed by atoms with E-state index in [4.69, 9.17) is 5.73 Å². The third-order valence-corrected chi connectivity index (χ3v) is 2.35. The number of nitrogens with two attached hydrogens (primary N) is 1. The van der Waals surface area contributed by atoms with E-state index in [1.54, 1.807) is 12.1 Å². The molecule has 3 nitrogen and oxygen atoms in total. The molecule has 5 heteroatoms. The first kappa shape index (κ1) is 10.0.